The highest BCUT2D eigenvalue weighted by molar-refractivity contribution is 5.98. The number of fused-ring (bicyclic) bond motifs is 1. The molecule has 3 aromatic carbocycles. The SMILES string of the molecule is CN(C)c1ccc(CNc2cccc(C(=N)N=NN)c2)c2ccccc12. The molecule has 0 aliphatic carbocycles. The molecule has 26 heavy (non-hydrogen) atoms. The predicted molar refractivity (Wildman–Crippen MR) is 108 cm³/mol. The van der Waals surface area contributed by atoms with E-state index >= 15 is 0 Å². The number of hydrogen-bond acceptors (Lipinski definition) is 4. The second-order valence-corrected chi connectivity index (χ2v) is 6.18. The molecule has 4 N–H and O–H groups in total. The molecule has 0 aliphatic rings. The lowest BCUT2D eigenvalue weighted by Gasteiger charge is -2.18. The number of hydrogen-bond donors (Lipinski definition) is 3. The molecular weight excluding hydrogens is 324 g/mol. The maximum absolute atomic E-state index is 7.82. The molecule has 3 rings (SSSR count). The summed E-state index contributed by atoms with van der Waals surface area (Å²) in [7, 11) is 4.11. The van der Waals surface area contributed by atoms with Crippen LogP contribution in [-0.2, 0) is 6.54 Å². The van der Waals surface area contributed by atoms with Crippen LogP contribution < -0.4 is 16.1 Å². The maximum atomic E-state index is 7.82. The first-order valence-electron chi connectivity index (χ1n) is 8.32. The van der Waals surface area contributed by atoms with Crippen molar-refractivity contribution in [1.82, 2.24) is 0 Å². The van der Waals surface area contributed by atoms with Gasteiger partial charge in [-0.15, -0.1) is 5.11 Å². The van der Waals surface area contributed by atoms with Crippen LogP contribution in [0.25, 0.3) is 10.8 Å². The largest absolute Gasteiger partial charge is 0.381 e. The van der Waals surface area contributed by atoms with Gasteiger partial charge in [0.15, 0.2) is 5.84 Å². The lowest BCUT2D eigenvalue weighted by molar-refractivity contribution is 1.07. The van der Waals surface area contributed by atoms with Gasteiger partial charge in [-0.2, -0.15) is 0 Å². The molecule has 0 bridgehead atoms. The highest BCUT2D eigenvalue weighted by Gasteiger charge is 2.07. The summed E-state index contributed by atoms with van der Waals surface area (Å²) in [6, 6.07) is 20.2. The lowest BCUT2D eigenvalue weighted by Crippen LogP contribution is -2.10. The summed E-state index contributed by atoms with van der Waals surface area (Å²) in [5.41, 5.74) is 4.00. The standard InChI is InChI=1S/C20H22N6/c1-26(2)19-11-10-15(17-8-3-4-9-18(17)19)13-23-16-7-5-6-14(12-16)20(21)24-25-22/h3-12,23H,13H2,1-2H3,(H3,21,22,24). The fourth-order valence-corrected chi connectivity index (χ4v) is 2.98. The quantitative estimate of drug-likeness (QED) is 0.213. The van der Waals surface area contributed by atoms with E-state index in [-0.39, 0.29) is 5.84 Å². The second-order valence-electron chi connectivity index (χ2n) is 6.18. The number of rotatable bonds is 5. The zero-order chi connectivity index (χ0) is 18.5. The van der Waals surface area contributed by atoms with E-state index in [2.05, 4.69) is 71.0 Å². The van der Waals surface area contributed by atoms with Crippen molar-refractivity contribution in [3.8, 4) is 0 Å². The first kappa shape index (κ1) is 17.4. The maximum Gasteiger partial charge on any atom is 0.176 e. The van der Waals surface area contributed by atoms with Gasteiger partial charge in [-0.1, -0.05) is 47.7 Å². The first-order chi connectivity index (χ1) is 12.6. The second kappa shape index (κ2) is 7.65. The van der Waals surface area contributed by atoms with Gasteiger partial charge >= 0.3 is 0 Å². The molecule has 0 aromatic heterocycles. The van der Waals surface area contributed by atoms with Gasteiger partial charge in [-0.3, -0.25) is 5.41 Å². The highest BCUT2D eigenvalue weighted by atomic mass is 15.3. The summed E-state index contributed by atoms with van der Waals surface area (Å²) in [6.45, 7) is 0.684. The van der Waals surface area contributed by atoms with Crippen LogP contribution in [0.3, 0.4) is 0 Å². The number of nitrogens with two attached hydrogens (primary N) is 1. The molecule has 0 atom stereocenters. The number of benzene rings is 3. The predicted octanol–water partition coefficient (Wildman–Crippen LogP) is 4.17. The van der Waals surface area contributed by atoms with Gasteiger partial charge in [0, 0.05) is 43.0 Å². The monoisotopic (exact) mass is 346 g/mol. The van der Waals surface area contributed by atoms with E-state index in [1.807, 2.05) is 24.3 Å². The van der Waals surface area contributed by atoms with Gasteiger partial charge < -0.3 is 16.1 Å². The van der Waals surface area contributed by atoms with Gasteiger partial charge in [0.25, 0.3) is 0 Å². The van der Waals surface area contributed by atoms with E-state index < -0.39 is 0 Å². The highest BCUT2D eigenvalue weighted by Crippen LogP contribution is 2.29. The Hall–Kier alpha value is -3.41. The number of nitrogens with zero attached hydrogens (tertiary/aromatic N) is 3. The fraction of sp³-hybridized carbons (Fsp3) is 0.150. The van der Waals surface area contributed by atoms with Crippen LogP contribution in [-0.4, -0.2) is 19.9 Å². The molecule has 0 spiro atoms. The van der Waals surface area contributed by atoms with E-state index in [1.165, 1.54) is 22.0 Å². The van der Waals surface area contributed by atoms with Crippen molar-refractivity contribution < 1.29 is 0 Å². The van der Waals surface area contributed by atoms with E-state index in [9.17, 15) is 0 Å². The number of nitrogens with one attached hydrogen (secondary N) is 2. The van der Waals surface area contributed by atoms with Crippen molar-refractivity contribution in [1.29, 1.82) is 5.41 Å². The Balaban J connectivity index is 1.86. The topological polar surface area (TPSA) is 89.9 Å². The molecular formula is C20H22N6. The first-order valence-corrected chi connectivity index (χ1v) is 8.32. The summed E-state index contributed by atoms with van der Waals surface area (Å²) in [5.74, 6) is 5.06. The molecule has 3 aromatic rings. The van der Waals surface area contributed by atoms with Crippen molar-refractivity contribution in [3.63, 3.8) is 0 Å². The molecule has 0 saturated carbocycles. The summed E-state index contributed by atoms with van der Waals surface area (Å²) >= 11 is 0. The minimum absolute atomic E-state index is 0.0388. The Morgan fingerprint density at radius 1 is 1.04 bits per heavy atom. The Bertz CT molecular complexity index is 961. The Labute approximate surface area is 152 Å². The third kappa shape index (κ3) is 3.64. The van der Waals surface area contributed by atoms with Crippen molar-refractivity contribution in [3.05, 3.63) is 71.8 Å². The van der Waals surface area contributed by atoms with Gasteiger partial charge in [-0.05, 0) is 29.1 Å². The van der Waals surface area contributed by atoms with Crippen LogP contribution in [0.5, 0.6) is 0 Å². The van der Waals surface area contributed by atoms with Crippen LogP contribution in [0.4, 0.5) is 11.4 Å². The van der Waals surface area contributed by atoms with Crippen molar-refractivity contribution in [2.24, 2.45) is 16.2 Å². The molecule has 0 heterocycles. The molecule has 0 amide bonds. The minimum Gasteiger partial charge on any atom is -0.381 e. The van der Waals surface area contributed by atoms with Crippen molar-refractivity contribution in [2.75, 3.05) is 24.3 Å². The third-order valence-corrected chi connectivity index (χ3v) is 4.25. The van der Waals surface area contributed by atoms with E-state index in [0.717, 1.165) is 5.69 Å². The van der Waals surface area contributed by atoms with Crippen LogP contribution >= 0.6 is 0 Å². The smallest absolute Gasteiger partial charge is 0.176 e. The summed E-state index contributed by atoms with van der Waals surface area (Å²) < 4.78 is 0. The molecule has 6 nitrogen and oxygen atoms in total. The lowest BCUT2D eigenvalue weighted by atomic mass is 10.0. The average molecular weight is 346 g/mol. The zero-order valence-electron chi connectivity index (χ0n) is 14.9. The summed E-state index contributed by atoms with van der Waals surface area (Å²) in [6.07, 6.45) is 0. The Morgan fingerprint density at radius 2 is 1.81 bits per heavy atom. The van der Waals surface area contributed by atoms with Crippen molar-refractivity contribution in [2.45, 2.75) is 6.54 Å². The fourth-order valence-electron chi connectivity index (χ4n) is 2.98. The third-order valence-electron chi connectivity index (χ3n) is 4.25. The zero-order valence-corrected chi connectivity index (χ0v) is 14.9. The van der Waals surface area contributed by atoms with E-state index in [0.29, 0.717) is 12.1 Å². The molecule has 132 valence electrons. The molecule has 0 aliphatic heterocycles. The average Bonchev–Trinajstić information content (AvgIpc) is 2.66. The number of anilines is 2. The van der Waals surface area contributed by atoms with E-state index in [1.54, 1.807) is 0 Å². The summed E-state index contributed by atoms with van der Waals surface area (Å²) in [4.78, 5) is 2.13. The minimum atomic E-state index is 0.0388. The summed E-state index contributed by atoms with van der Waals surface area (Å²) in [5, 5.41) is 20.5. The molecule has 0 radical (unpaired) electrons. The molecule has 0 unspecified atom stereocenters. The van der Waals surface area contributed by atoms with Crippen LogP contribution in [0.15, 0.2) is 71.0 Å². The van der Waals surface area contributed by atoms with Gasteiger partial charge in [0.2, 0.25) is 0 Å². The van der Waals surface area contributed by atoms with Gasteiger partial charge in [-0.25, -0.2) is 0 Å². The van der Waals surface area contributed by atoms with Crippen LogP contribution in [0, 0.1) is 5.41 Å². The normalized spacial score (nSPS) is 11.0. The van der Waals surface area contributed by atoms with E-state index in [4.69, 9.17) is 11.3 Å². The van der Waals surface area contributed by atoms with Gasteiger partial charge in [0.1, 0.15) is 0 Å². The Kier molecular flexibility index (Phi) is 5.12. The van der Waals surface area contributed by atoms with Gasteiger partial charge in [0.05, 0.1) is 0 Å². The Morgan fingerprint density at radius 3 is 2.54 bits per heavy atom. The molecule has 0 fully saturated rings. The number of amidine groups is 1. The molecule has 6 heteroatoms. The van der Waals surface area contributed by atoms with Crippen LogP contribution in [0.2, 0.25) is 0 Å². The van der Waals surface area contributed by atoms with Crippen molar-refractivity contribution >= 4 is 28.0 Å². The molecule has 0 saturated heterocycles. The van der Waals surface area contributed by atoms with Crippen LogP contribution in [0.1, 0.15) is 11.1 Å².